The van der Waals surface area contributed by atoms with Crippen LogP contribution in [0.5, 0.6) is 0 Å². The van der Waals surface area contributed by atoms with Gasteiger partial charge in [0.2, 0.25) is 10.8 Å². The van der Waals surface area contributed by atoms with Crippen molar-refractivity contribution < 1.29 is 4.39 Å². The van der Waals surface area contributed by atoms with Crippen LogP contribution in [0.1, 0.15) is 10.7 Å². The van der Waals surface area contributed by atoms with Gasteiger partial charge in [0.05, 0.1) is 5.69 Å². The average molecular weight is 343 g/mol. The molecule has 0 aliphatic heterocycles. The predicted molar refractivity (Wildman–Crippen MR) is 84.2 cm³/mol. The lowest BCUT2D eigenvalue weighted by atomic mass is 10.2. The molecule has 0 radical (unpaired) electrons. The lowest BCUT2D eigenvalue weighted by Crippen LogP contribution is -2.17. The van der Waals surface area contributed by atoms with Crippen molar-refractivity contribution in [2.75, 3.05) is 0 Å². The summed E-state index contributed by atoms with van der Waals surface area (Å²) in [7, 11) is 0. The van der Waals surface area contributed by atoms with Gasteiger partial charge in [-0.15, -0.1) is 10.2 Å². The minimum atomic E-state index is -0.371. The first-order valence-electron chi connectivity index (χ1n) is 6.99. The van der Waals surface area contributed by atoms with Gasteiger partial charge in [-0.05, 0) is 24.3 Å². The Balaban J connectivity index is 1.65. The summed E-state index contributed by atoms with van der Waals surface area (Å²) >= 11 is 1.33. The van der Waals surface area contributed by atoms with Crippen molar-refractivity contribution in [3.8, 4) is 11.4 Å². The number of aromatic nitrogens is 7. The number of aryl methyl sites for hydroxylation is 1. The van der Waals surface area contributed by atoms with E-state index in [1.165, 1.54) is 38.8 Å². The van der Waals surface area contributed by atoms with Gasteiger partial charge in [-0.25, -0.2) is 9.37 Å². The fourth-order valence-electron chi connectivity index (χ4n) is 2.23. The van der Waals surface area contributed by atoms with E-state index in [0.717, 1.165) is 5.01 Å². The maximum absolute atomic E-state index is 13.3. The molecule has 0 saturated carbocycles. The van der Waals surface area contributed by atoms with E-state index in [1.807, 2.05) is 6.92 Å². The van der Waals surface area contributed by atoms with Crippen LogP contribution >= 0.6 is 11.3 Å². The van der Waals surface area contributed by atoms with Gasteiger partial charge in [0.15, 0.2) is 0 Å². The van der Waals surface area contributed by atoms with Crippen molar-refractivity contribution in [1.82, 2.24) is 34.8 Å². The van der Waals surface area contributed by atoms with E-state index in [9.17, 15) is 9.18 Å². The highest BCUT2D eigenvalue weighted by atomic mass is 32.1. The number of fused-ring (bicyclic) bond motifs is 1. The molecule has 120 valence electrons. The van der Waals surface area contributed by atoms with Crippen LogP contribution in [0.4, 0.5) is 4.39 Å². The van der Waals surface area contributed by atoms with Crippen molar-refractivity contribution in [1.29, 1.82) is 0 Å². The maximum atomic E-state index is 13.3. The van der Waals surface area contributed by atoms with Crippen LogP contribution in [0.15, 0.2) is 35.1 Å². The smallest absolute Gasteiger partial charge is 0.267 e. The standard InChI is InChI=1S/C14H10FN7OS/c1-8-18-22-12(23)6-11(16-14(22)24-8)7-21-19-13(17-20-21)9-3-2-4-10(15)5-9/h2-6H,7H2,1H3. The largest absolute Gasteiger partial charge is 0.275 e. The molecule has 0 fully saturated rings. The molecule has 0 unspecified atom stereocenters. The molecule has 3 heterocycles. The van der Waals surface area contributed by atoms with E-state index in [4.69, 9.17) is 0 Å². The number of halogens is 1. The third-order valence-electron chi connectivity index (χ3n) is 3.24. The fraction of sp³-hybridized carbons (Fsp3) is 0.143. The number of rotatable bonds is 3. The Morgan fingerprint density at radius 2 is 2.12 bits per heavy atom. The van der Waals surface area contributed by atoms with Crippen LogP contribution in [-0.4, -0.2) is 34.8 Å². The Kier molecular flexibility index (Phi) is 3.38. The van der Waals surface area contributed by atoms with Crippen LogP contribution < -0.4 is 5.56 Å². The van der Waals surface area contributed by atoms with Crippen molar-refractivity contribution in [2.24, 2.45) is 0 Å². The zero-order valence-corrected chi connectivity index (χ0v) is 13.2. The lowest BCUT2D eigenvalue weighted by molar-refractivity contribution is 0.563. The van der Waals surface area contributed by atoms with Crippen LogP contribution in [0.3, 0.4) is 0 Å². The highest BCUT2D eigenvalue weighted by molar-refractivity contribution is 7.16. The molecule has 4 rings (SSSR count). The minimum absolute atomic E-state index is 0.186. The number of benzene rings is 1. The Morgan fingerprint density at radius 1 is 1.25 bits per heavy atom. The SMILES string of the molecule is Cc1nn2c(=O)cc(Cn3nnc(-c4cccc(F)c4)n3)nc2s1. The van der Waals surface area contributed by atoms with Gasteiger partial charge in [-0.3, -0.25) is 4.79 Å². The zero-order chi connectivity index (χ0) is 16.7. The highest BCUT2D eigenvalue weighted by Crippen LogP contribution is 2.15. The van der Waals surface area contributed by atoms with Gasteiger partial charge >= 0.3 is 0 Å². The molecular formula is C14H10FN7OS. The molecule has 1 aromatic carbocycles. The summed E-state index contributed by atoms with van der Waals surface area (Å²) < 4.78 is 14.5. The van der Waals surface area contributed by atoms with Crippen LogP contribution in [0, 0.1) is 12.7 Å². The van der Waals surface area contributed by atoms with E-state index in [2.05, 4.69) is 25.5 Å². The number of nitrogens with zero attached hydrogens (tertiary/aromatic N) is 7. The Labute approximate surface area is 138 Å². The van der Waals surface area contributed by atoms with Crippen molar-refractivity contribution >= 4 is 16.3 Å². The third-order valence-corrected chi connectivity index (χ3v) is 4.06. The topological polar surface area (TPSA) is 90.9 Å². The second-order valence-electron chi connectivity index (χ2n) is 5.05. The van der Waals surface area contributed by atoms with E-state index < -0.39 is 0 Å². The van der Waals surface area contributed by atoms with E-state index in [-0.39, 0.29) is 17.9 Å². The minimum Gasteiger partial charge on any atom is -0.267 e. The van der Waals surface area contributed by atoms with Gasteiger partial charge in [-0.2, -0.15) is 14.4 Å². The van der Waals surface area contributed by atoms with Crippen molar-refractivity contribution in [3.05, 3.63) is 57.2 Å². The van der Waals surface area contributed by atoms with E-state index in [1.54, 1.807) is 12.1 Å². The number of hydrogen-bond acceptors (Lipinski definition) is 7. The summed E-state index contributed by atoms with van der Waals surface area (Å²) in [6.45, 7) is 1.99. The monoisotopic (exact) mass is 343 g/mol. The normalized spacial score (nSPS) is 11.2. The molecule has 10 heteroatoms. The molecule has 0 aliphatic rings. The molecule has 0 bridgehead atoms. The van der Waals surface area contributed by atoms with Gasteiger partial charge < -0.3 is 0 Å². The maximum Gasteiger partial charge on any atom is 0.275 e. The first-order valence-corrected chi connectivity index (χ1v) is 7.80. The number of tetrazole rings is 1. The molecule has 0 N–H and O–H groups in total. The van der Waals surface area contributed by atoms with Crippen LogP contribution in [0.2, 0.25) is 0 Å². The Hall–Kier alpha value is -3.01. The molecule has 0 spiro atoms. The highest BCUT2D eigenvalue weighted by Gasteiger charge is 2.10. The average Bonchev–Trinajstić information content (AvgIpc) is 3.14. The summed E-state index contributed by atoms with van der Waals surface area (Å²) in [6.07, 6.45) is 0. The van der Waals surface area contributed by atoms with Crippen LogP contribution in [-0.2, 0) is 6.54 Å². The molecule has 0 aliphatic carbocycles. The third kappa shape index (κ3) is 2.67. The summed E-state index contributed by atoms with van der Waals surface area (Å²) in [5, 5.41) is 16.9. The summed E-state index contributed by atoms with van der Waals surface area (Å²) in [5.74, 6) is -0.0644. The van der Waals surface area contributed by atoms with Gasteiger partial charge in [0.25, 0.3) is 5.56 Å². The Bertz CT molecular complexity index is 1100. The first-order chi connectivity index (χ1) is 11.6. The molecule has 0 atom stereocenters. The molecule has 3 aromatic heterocycles. The molecule has 4 aromatic rings. The summed E-state index contributed by atoms with van der Waals surface area (Å²) in [5.41, 5.74) is 0.777. The molecular weight excluding hydrogens is 333 g/mol. The number of hydrogen-bond donors (Lipinski definition) is 0. The van der Waals surface area contributed by atoms with E-state index in [0.29, 0.717) is 22.0 Å². The quantitative estimate of drug-likeness (QED) is 0.557. The molecule has 0 amide bonds. The van der Waals surface area contributed by atoms with Crippen LogP contribution in [0.25, 0.3) is 16.3 Å². The second-order valence-corrected chi connectivity index (χ2v) is 6.22. The fourth-order valence-corrected chi connectivity index (χ4v) is 3.00. The lowest BCUT2D eigenvalue weighted by Gasteiger charge is -1.98. The molecule has 24 heavy (non-hydrogen) atoms. The summed E-state index contributed by atoms with van der Waals surface area (Å²) in [4.78, 5) is 18.2. The molecule has 0 saturated heterocycles. The van der Waals surface area contributed by atoms with Gasteiger partial charge in [-0.1, -0.05) is 23.5 Å². The predicted octanol–water partition coefficient (Wildman–Crippen LogP) is 1.30. The van der Waals surface area contributed by atoms with Crippen molar-refractivity contribution in [3.63, 3.8) is 0 Å². The van der Waals surface area contributed by atoms with Gasteiger partial charge in [0.1, 0.15) is 17.4 Å². The van der Waals surface area contributed by atoms with Gasteiger partial charge in [0, 0.05) is 11.6 Å². The second kappa shape index (κ2) is 5.57. The first kappa shape index (κ1) is 14.6. The van der Waals surface area contributed by atoms with E-state index >= 15 is 0 Å². The zero-order valence-electron chi connectivity index (χ0n) is 12.4. The summed E-state index contributed by atoms with van der Waals surface area (Å²) in [6, 6.07) is 7.34. The van der Waals surface area contributed by atoms with Crippen molar-refractivity contribution in [2.45, 2.75) is 13.5 Å². The Morgan fingerprint density at radius 3 is 2.96 bits per heavy atom. The molecule has 8 nitrogen and oxygen atoms in total.